The van der Waals surface area contributed by atoms with Crippen LogP contribution in [0.15, 0.2) is 71.6 Å². The molecule has 0 fully saturated rings. The molecule has 0 aromatic heterocycles. The molecule has 0 radical (unpaired) electrons. The number of hydrogen-bond donors (Lipinski definition) is 1. The summed E-state index contributed by atoms with van der Waals surface area (Å²) in [4.78, 5) is 42.0. The van der Waals surface area contributed by atoms with Crippen LogP contribution in [0.4, 0.5) is 0 Å². The van der Waals surface area contributed by atoms with Crippen LogP contribution in [0.5, 0.6) is 11.5 Å². The van der Waals surface area contributed by atoms with Crippen molar-refractivity contribution in [1.82, 2.24) is 4.90 Å². The summed E-state index contributed by atoms with van der Waals surface area (Å²) < 4.78 is 12.2. The first kappa shape index (κ1) is 32.6. The Morgan fingerprint density at radius 2 is 1.58 bits per heavy atom. The number of carboxylic acids is 1. The number of halogens is 1. The molecule has 0 bridgehead atoms. The first-order valence-corrected chi connectivity index (χ1v) is 15.8. The van der Waals surface area contributed by atoms with Crippen LogP contribution in [0.3, 0.4) is 0 Å². The van der Waals surface area contributed by atoms with Crippen molar-refractivity contribution in [2.24, 2.45) is 10.8 Å². The molecule has 0 amide bonds. The zero-order valence-corrected chi connectivity index (χ0v) is 27.6. The van der Waals surface area contributed by atoms with Gasteiger partial charge in [-0.2, -0.15) is 0 Å². The van der Waals surface area contributed by atoms with E-state index in [-0.39, 0.29) is 35.4 Å². The lowest BCUT2D eigenvalue weighted by atomic mass is 9.63. The highest BCUT2D eigenvalue weighted by Crippen LogP contribution is 2.55. The van der Waals surface area contributed by atoms with Crippen LogP contribution >= 0.6 is 11.6 Å². The summed E-state index contributed by atoms with van der Waals surface area (Å²) >= 11 is 6.07. The molecule has 0 unspecified atom stereocenters. The van der Waals surface area contributed by atoms with Gasteiger partial charge in [-0.05, 0) is 59.4 Å². The largest absolute Gasteiger partial charge is 0.493 e. The molecular formula is C37H42ClNO6. The van der Waals surface area contributed by atoms with Crippen LogP contribution < -0.4 is 9.47 Å². The highest BCUT2D eigenvalue weighted by atomic mass is 35.5. The normalized spacial score (nSPS) is 19.3. The van der Waals surface area contributed by atoms with Crippen LogP contribution in [-0.2, 0) is 27.4 Å². The van der Waals surface area contributed by atoms with E-state index in [1.165, 1.54) is 0 Å². The summed E-state index contributed by atoms with van der Waals surface area (Å²) in [5.74, 6) is -0.455. The maximum Gasteiger partial charge on any atom is 0.305 e. The van der Waals surface area contributed by atoms with Gasteiger partial charge in [-0.25, -0.2) is 0 Å². The molecule has 0 saturated carbocycles. The van der Waals surface area contributed by atoms with Crippen LogP contribution in [0.2, 0.25) is 5.02 Å². The molecule has 1 N–H and O–H groups in total. The molecule has 3 aliphatic rings. The third-order valence-electron chi connectivity index (χ3n) is 8.94. The van der Waals surface area contributed by atoms with E-state index < -0.39 is 11.9 Å². The minimum Gasteiger partial charge on any atom is -0.493 e. The molecule has 1 heterocycles. The van der Waals surface area contributed by atoms with Gasteiger partial charge >= 0.3 is 5.97 Å². The third-order valence-corrected chi connectivity index (χ3v) is 9.19. The minimum absolute atomic E-state index is 0.0111. The molecule has 7 nitrogen and oxygen atoms in total. The van der Waals surface area contributed by atoms with Crippen molar-refractivity contribution in [3.63, 3.8) is 0 Å². The Morgan fingerprint density at radius 1 is 1.00 bits per heavy atom. The van der Waals surface area contributed by atoms with E-state index in [9.17, 15) is 19.5 Å². The topological polar surface area (TPSA) is 93.1 Å². The molecular weight excluding hydrogens is 590 g/mol. The Balaban J connectivity index is 1.70. The highest BCUT2D eigenvalue weighted by Gasteiger charge is 2.49. The fourth-order valence-electron chi connectivity index (χ4n) is 7.07. The number of benzene rings is 2. The summed E-state index contributed by atoms with van der Waals surface area (Å²) in [5.41, 5.74) is 4.79. The molecule has 2 aromatic carbocycles. The van der Waals surface area contributed by atoms with Crippen LogP contribution in [-0.4, -0.2) is 41.2 Å². The Kier molecular flexibility index (Phi) is 9.05. The number of methoxy groups -OCH3 is 1. The van der Waals surface area contributed by atoms with Gasteiger partial charge < -0.3 is 19.5 Å². The first-order chi connectivity index (χ1) is 21.2. The van der Waals surface area contributed by atoms with Gasteiger partial charge in [-0.1, -0.05) is 63.6 Å². The molecule has 0 atom stereocenters. The fourth-order valence-corrected chi connectivity index (χ4v) is 7.19. The fraction of sp³-hybridized carbons (Fsp3) is 0.432. The van der Waals surface area contributed by atoms with Crippen molar-refractivity contribution in [3.05, 3.63) is 93.3 Å². The molecule has 0 saturated heterocycles. The average molecular weight is 632 g/mol. The molecule has 5 rings (SSSR count). The second-order valence-corrected chi connectivity index (χ2v) is 14.4. The SMILES string of the molecule is C=CCc1cc(C2C3=C(CC(C)(C)CC3=O)N(CCC(=O)O)C3=C2C(=O)CC(C)(C)C3)cc(OC)c1OCc1ccc(Cl)cc1. The highest BCUT2D eigenvalue weighted by molar-refractivity contribution is 6.30. The number of carbonyl (C=O) groups excluding carboxylic acids is 2. The molecule has 0 spiro atoms. The lowest BCUT2D eigenvalue weighted by Gasteiger charge is -2.49. The number of nitrogens with zero attached hydrogens (tertiary/aromatic N) is 1. The number of allylic oxidation sites excluding steroid dienone is 5. The van der Waals surface area contributed by atoms with Crippen molar-refractivity contribution in [2.75, 3.05) is 13.7 Å². The van der Waals surface area contributed by atoms with Crippen molar-refractivity contribution in [1.29, 1.82) is 0 Å². The van der Waals surface area contributed by atoms with Crippen LogP contribution in [0, 0.1) is 10.8 Å². The predicted molar refractivity (Wildman–Crippen MR) is 174 cm³/mol. The van der Waals surface area contributed by atoms with Gasteiger partial charge in [0.1, 0.15) is 6.61 Å². The van der Waals surface area contributed by atoms with E-state index in [2.05, 4.69) is 34.3 Å². The number of ether oxygens (including phenoxy) is 2. The average Bonchev–Trinajstić information content (AvgIpc) is 2.94. The summed E-state index contributed by atoms with van der Waals surface area (Å²) in [6.07, 6.45) is 4.08. The second kappa shape index (κ2) is 12.5. The van der Waals surface area contributed by atoms with Crippen LogP contribution in [0.25, 0.3) is 0 Å². The van der Waals surface area contributed by atoms with Crippen molar-refractivity contribution in [3.8, 4) is 11.5 Å². The Labute approximate surface area is 270 Å². The lowest BCUT2D eigenvalue weighted by molar-refractivity contribution is -0.137. The van der Waals surface area contributed by atoms with E-state index in [1.54, 1.807) is 13.2 Å². The smallest absolute Gasteiger partial charge is 0.305 e. The number of Topliss-reactive ketones (excluding diaryl/α,β-unsaturated/α-hetero) is 2. The molecule has 45 heavy (non-hydrogen) atoms. The van der Waals surface area contributed by atoms with Crippen molar-refractivity contribution < 1.29 is 29.0 Å². The second-order valence-electron chi connectivity index (χ2n) is 14.0. The summed E-state index contributed by atoms with van der Waals surface area (Å²) in [6, 6.07) is 11.3. The monoisotopic (exact) mass is 631 g/mol. The van der Waals surface area contributed by atoms with Gasteiger partial charge in [-0.3, -0.25) is 14.4 Å². The Bertz CT molecular complexity index is 1560. The van der Waals surface area contributed by atoms with Gasteiger partial charge in [0.15, 0.2) is 23.1 Å². The number of rotatable bonds is 10. The molecule has 1 aliphatic heterocycles. The van der Waals surface area contributed by atoms with Gasteiger partial charge in [-0.15, -0.1) is 6.58 Å². The van der Waals surface area contributed by atoms with Crippen molar-refractivity contribution in [2.45, 2.75) is 78.7 Å². The van der Waals surface area contributed by atoms with E-state index in [4.69, 9.17) is 21.1 Å². The number of carbonyl (C=O) groups is 3. The lowest BCUT2D eigenvalue weighted by Crippen LogP contribution is -2.45. The first-order valence-electron chi connectivity index (χ1n) is 15.4. The molecule has 8 heteroatoms. The van der Waals surface area contributed by atoms with Crippen molar-refractivity contribution >= 4 is 29.1 Å². The van der Waals surface area contributed by atoms with Gasteiger partial charge in [0.25, 0.3) is 0 Å². The number of ketones is 2. The summed E-state index contributed by atoms with van der Waals surface area (Å²) in [7, 11) is 1.58. The number of carboxylic acid groups (broad SMARTS) is 1. The zero-order valence-electron chi connectivity index (χ0n) is 26.8. The van der Waals surface area contributed by atoms with Gasteiger partial charge in [0, 0.05) is 58.4 Å². The summed E-state index contributed by atoms with van der Waals surface area (Å²) in [6.45, 7) is 12.7. The van der Waals surface area contributed by atoms with E-state index in [0.717, 1.165) is 28.1 Å². The molecule has 2 aliphatic carbocycles. The molecule has 238 valence electrons. The third kappa shape index (κ3) is 6.74. The summed E-state index contributed by atoms with van der Waals surface area (Å²) in [5, 5.41) is 10.3. The zero-order chi connectivity index (χ0) is 32.7. The molecule has 2 aromatic rings. The standard InChI is InChI=1S/C37H42ClNO6/c1-7-8-23-15-24(16-30(44-6)35(23)45-21-22-9-11-25(38)12-10-22)32-33-26(17-36(2,3)19-28(33)40)39(14-13-31(42)43)27-18-37(4,5)20-29(41)34(27)32/h7,9-12,15-16,32H,1,8,13-14,17-21H2,2-6H3,(H,42,43). The maximum atomic E-state index is 14.1. The van der Waals surface area contributed by atoms with E-state index >= 15 is 0 Å². The predicted octanol–water partition coefficient (Wildman–Crippen LogP) is 7.82. The van der Waals surface area contributed by atoms with Crippen LogP contribution in [0.1, 0.15) is 82.4 Å². The number of aliphatic carboxylic acids is 1. The minimum atomic E-state index is -0.919. The van der Waals surface area contributed by atoms with Gasteiger partial charge in [0.05, 0.1) is 13.5 Å². The number of hydrogen-bond acceptors (Lipinski definition) is 6. The Morgan fingerprint density at radius 3 is 2.09 bits per heavy atom. The Hall–Kier alpha value is -3.84. The maximum absolute atomic E-state index is 14.1. The van der Waals surface area contributed by atoms with Gasteiger partial charge in [0.2, 0.25) is 0 Å². The van der Waals surface area contributed by atoms with E-state index in [0.29, 0.717) is 66.4 Å². The van der Waals surface area contributed by atoms with E-state index in [1.807, 2.05) is 41.3 Å². The quantitative estimate of drug-likeness (QED) is 0.267.